The summed E-state index contributed by atoms with van der Waals surface area (Å²) in [5.74, 6) is 0. The molecule has 4 aromatic carbocycles. The Morgan fingerprint density at radius 3 is 1.26 bits per heavy atom. The average molecular weight is 457 g/mol. The van der Waals surface area contributed by atoms with Gasteiger partial charge in [-0.25, -0.2) is 0 Å². The molecule has 0 fully saturated rings. The third kappa shape index (κ3) is 4.21. The van der Waals surface area contributed by atoms with Crippen molar-refractivity contribution in [3.63, 3.8) is 0 Å². The Labute approximate surface area is 194 Å². The largest absolute Gasteiger partial charge is 0.335 e. The van der Waals surface area contributed by atoms with E-state index in [9.17, 15) is 0 Å². The van der Waals surface area contributed by atoms with Crippen molar-refractivity contribution in [2.45, 2.75) is 0 Å². The van der Waals surface area contributed by atoms with Crippen molar-refractivity contribution in [1.29, 1.82) is 0 Å². The molecule has 0 aromatic heterocycles. The zero-order valence-electron chi connectivity index (χ0n) is 16.3. The summed E-state index contributed by atoms with van der Waals surface area (Å²) in [6, 6.07) is 25.3. The van der Waals surface area contributed by atoms with Gasteiger partial charge in [0, 0.05) is 20.9 Å². The third-order valence-corrected chi connectivity index (χ3v) is 5.95. The van der Waals surface area contributed by atoms with Gasteiger partial charge in [0.25, 0.3) is 0 Å². The Bertz CT molecular complexity index is 1330. The molecule has 2 aliphatic carbocycles. The predicted molar refractivity (Wildman–Crippen MR) is 138 cm³/mol. The second-order valence-corrected chi connectivity index (χ2v) is 7.98. The van der Waals surface area contributed by atoms with Crippen LogP contribution in [0.2, 0.25) is 0 Å². The standard InChI is InChI=1S/2C13H8S.O2S/c2*14-12-8-7-10-4-1-3-9-5-2-6-11(12)13(9)10;1-3-2/h2*1-8H;. The minimum Gasteiger partial charge on any atom is -0.168 e. The average Bonchev–Trinajstić information content (AvgIpc) is 2.80. The summed E-state index contributed by atoms with van der Waals surface area (Å²) in [4.78, 5) is 1.88. The van der Waals surface area contributed by atoms with Crippen LogP contribution >= 0.6 is 24.4 Å². The van der Waals surface area contributed by atoms with Crippen LogP contribution in [0, 0.1) is 0 Å². The van der Waals surface area contributed by atoms with Crippen molar-refractivity contribution >= 4 is 79.4 Å². The molecule has 0 unspecified atom stereocenters. The lowest BCUT2D eigenvalue weighted by molar-refractivity contribution is 0.630. The monoisotopic (exact) mass is 456 g/mol. The lowest BCUT2D eigenvalue weighted by atomic mass is 9.93. The highest BCUT2D eigenvalue weighted by Crippen LogP contribution is 2.29. The summed E-state index contributed by atoms with van der Waals surface area (Å²) in [7, 11) is 0. The van der Waals surface area contributed by atoms with Crippen molar-refractivity contribution in [2.24, 2.45) is 0 Å². The lowest BCUT2D eigenvalue weighted by Crippen LogP contribution is -1.99. The van der Waals surface area contributed by atoms with Gasteiger partial charge in [-0.05, 0) is 44.8 Å². The number of thiocarbonyl (C=S) groups is 2. The van der Waals surface area contributed by atoms with Gasteiger partial charge in [-0.2, -0.15) is 8.42 Å². The van der Waals surface area contributed by atoms with Gasteiger partial charge in [0.05, 0.1) is 0 Å². The molecule has 0 saturated heterocycles. The van der Waals surface area contributed by atoms with Crippen molar-refractivity contribution in [3.05, 3.63) is 107 Å². The molecule has 0 radical (unpaired) electrons. The maximum Gasteiger partial charge on any atom is 0.335 e. The molecule has 2 aliphatic rings. The summed E-state index contributed by atoms with van der Waals surface area (Å²) in [6.45, 7) is 0. The van der Waals surface area contributed by atoms with E-state index in [0.29, 0.717) is 0 Å². The second-order valence-electron chi connectivity index (χ2n) is 6.97. The van der Waals surface area contributed by atoms with Crippen LogP contribution in [0.3, 0.4) is 0 Å². The molecule has 31 heavy (non-hydrogen) atoms. The van der Waals surface area contributed by atoms with Gasteiger partial charge < -0.3 is 0 Å². The maximum absolute atomic E-state index is 8.29. The molecular formula is C26H16O2S3. The summed E-state index contributed by atoms with van der Waals surface area (Å²) in [5, 5.41) is 5.13. The summed E-state index contributed by atoms with van der Waals surface area (Å²) in [6.07, 6.45) is 8.20. The van der Waals surface area contributed by atoms with Crippen molar-refractivity contribution in [2.75, 3.05) is 0 Å². The van der Waals surface area contributed by atoms with Crippen LogP contribution in [0.4, 0.5) is 0 Å². The first kappa shape index (κ1) is 21.1. The van der Waals surface area contributed by atoms with E-state index in [2.05, 4.69) is 84.9 Å². The van der Waals surface area contributed by atoms with Crippen LogP contribution in [0.15, 0.2) is 84.9 Å². The van der Waals surface area contributed by atoms with E-state index in [4.69, 9.17) is 32.9 Å². The molecule has 5 heteroatoms. The fourth-order valence-corrected chi connectivity index (χ4v) is 4.42. The Hall–Kier alpha value is -3.12. The number of benzene rings is 4. The molecular weight excluding hydrogens is 440 g/mol. The third-order valence-electron chi connectivity index (χ3n) is 5.23. The molecule has 0 bridgehead atoms. The quantitative estimate of drug-likeness (QED) is 0.283. The number of rotatable bonds is 0. The highest BCUT2D eigenvalue weighted by atomic mass is 32.1. The smallest absolute Gasteiger partial charge is 0.168 e. The highest BCUT2D eigenvalue weighted by molar-refractivity contribution is 7.81. The zero-order chi connectivity index (χ0) is 21.8. The van der Waals surface area contributed by atoms with Crippen LogP contribution in [0.25, 0.3) is 33.7 Å². The van der Waals surface area contributed by atoms with E-state index in [1.165, 1.54) is 43.8 Å². The Morgan fingerprint density at radius 1 is 0.516 bits per heavy atom. The van der Waals surface area contributed by atoms with E-state index in [0.717, 1.165) is 9.73 Å². The van der Waals surface area contributed by atoms with Gasteiger partial charge in [-0.3, -0.25) is 0 Å². The molecule has 6 rings (SSSR count). The maximum atomic E-state index is 8.29. The summed E-state index contributed by atoms with van der Waals surface area (Å²) >= 11 is 9.86. The van der Waals surface area contributed by atoms with Crippen LogP contribution in [0.5, 0.6) is 0 Å². The van der Waals surface area contributed by atoms with E-state index in [1.54, 1.807) is 0 Å². The normalized spacial score (nSPS) is 12.6. The van der Waals surface area contributed by atoms with Gasteiger partial charge in [-0.15, -0.1) is 0 Å². The molecule has 0 aliphatic heterocycles. The predicted octanol–water partition coefficient (Wildman–Crippen LogP) is 6.50. The van der Waals surface area contributed by atoms with Gasteiger partial charge in [0.1, 0.15) is 0 Å². The molecule has 150 valence electrons. The summed E-state index contributed by atoms with van der Waals surface area (Å²) in [5.41, 5.74) is 4.92. The number of hydrogen-bond acceptors (Lipinski definition) is 4. The molecule has 0 N–H and O–H groups in total. The van der Waals surface area contributed by atoms with Gasteiger partial charge in [0.2, 0.25) is 0 Å². The molecule has 4 aromatic rings. The minimum atomic E-state index is -0.750. The van der Waals surface area contributed by atoms with Crippen molar-refractivity contribution in [3.8, 4) is 0 Å². The molecule has 2 nitrogen and oxygen atoms in total. The Morgan fingerprint density at radius 2 is 0.871 bits per heavy atom. The number of allylic oxidation sites excluding steroid dienone is 2. The molecule has 0 amide bonds. The van der Waals surface area contributed by atoms with E-state index >= 15 is 0 Å². The Balaban J connectivity index is 0.000000133. The molecule has 0 spiro atoms. The van der Waals surface area contributed by atoms with Crippen molar-refractivity contribution < 1.29 is 8.42 Å². The first-order chi connectivity index (χ1) is 15.1. The van der Waals surface area contributed by atoms with Crippen LogP contribution in [-0.4, -0.2) is 18.1 Å². The molecule has 0 heterocycles. The van der Waals surface area contributed by atoms with Crippen molar-refractivity contribution in [1.82, 2.24) is 0 Å². The van der Waals surface area contributed by atoms with Crippen LogP contribution in [-0.2, 0) is 11.6 Å². The number of hydrogen-bond donors (Lipinski definition) is 0. The fraction of sp³-hybridized carbons (Fsp3) is 0. The van der Waals surface area contributed by atoms with Gasteiger partial charge in [-0.1, -0.05) is 109 Å². The Kier molecular flexibility index (Phi) is 6.37. The van der Waals surface area contributed by atoms with E-state index in [1.807, 2.05) is 12.2 Å². The van der Waals surface area contributed by atoms with Gasteiger partial charge >= 0.3 is 11.6 Å². The molecule has 0 saturated carbocycles. The van der Waals surface area contributed by atoms with Gasteiger partial charge in [0.15, 0.2) is 0 Å². The lowest BCUT2D eigenvalue weighted by Gasteiger charge is -2.12. The fourth-order valence-electron chi connectivity index (χ4n) is 3.94. The topological polar surface area (TPSA) is 34.1 Å². The zero-order valence-corrected chi connectivity index (χ0v) is 18.7. The highest BCUT2D eigenvalue weighted by Gasteiger charge is 2.11. The first-order valence-corrected chi connectivity index (χ1v) is 11.0. The SMILES string of the molecule is O=S=O.S=C1C=Cc2cccc3cccc1c23.S=C1C=Cc2cccc3cccc1c23. The molecule has 0 atom stereocenters. The first-order valence-electron chi connectivity index (χ1n) is 9.54. The van der Waals surface area contributed by atoms with Crippen LogP contribution < -0.4 is 0 Å². The van der Waals surface area contributed by atoms with E-state index in [-0.39, 0.29) is 0 Å². The minimum absolute atomic E-state index is 0.750. The summed E-state index contributed by atoms with van der Waals surface area (Å²) < 4.78 is 16.6. The van der Waals surface area contributed by atoms with E-state index < -0.39 is 11.6 Å². The van der Waals surface area contributed by atoms with Crippen LogP contribution in [0.1, 0.15) is 22.3 Å². The second kappa shape index (κ2) is 9.35.